The van der Waals surface area contributed by atoms with Gasteiger partial charge in [-0.15, -0.1) is 0 Å². The van der Waals surface area contributed by atoms with Crippen LogP contribution in [0.3, 0.4) is 0 Å². The molecular formula is C16H15ClN2O4. The summed E-state index contributed by atoms with van der Waals surface area (Å²) < 4.78 is 0. The number of hydrogen-bond donors (Lipinski definition) is 2. The third-order valence-corrected chi connectivity index (χ3v) is 3.67. The molecule has 2 aromatic rings. The first-order valence-corrected chi connectivity index (χ1v) is 7.27. The number of halogens is 1. The van der Waals surface area contributed by atoms with Gasteiger partial charge in [-0.25, -0.2) is 0 Å². The van der Waals surface area contributed by atoms with Crippen LogP contribution in [0, 0.1) is 10.1 Å². The van der Waals surface area contributed by atoms with E-state index in [0.29, 0.717) is 5.56 Å². The maximum absolute atomic E-state index is 12.1. The number of nitro groups is 1. The summed E-state index contributed by atoms with van der Waals surface area (Å²) in [4.78, 5) is 22.2. The molecule has 0 fully saturated rings. The number of nitrogens with one attached hydrogen (secondary N) is 1. The molecule has 0 saturated carbocycles. The van der Waals surface area contributed by atoms with Crippen molar-refractivity contribution in [2.45, 2.75) is 12.5 Å². The first-order valence-electron chi connectivity index (χ1n) is 6.89. The zero-order valence-corrected chi connectivity index (χ0v) is 12.9. The largest absolute Gasteiger partial charge is 0.394 e. The van der Waals surface area contributed by atoms with Crippen LogP contribution < -0.4 is 5.32 Å². The van der Waals surface area contributed by atoms with Gasteiger partial charge in [0.15, 0.2) is 0 Å². The molecule has 0 saturated heterocycles. The molecule has 1 atom stereocenters. The lowest BCUT2D eigenvalue weighted by molar-refractivity contribution is -0.384. The molecule has 120 valence electrons. The fourth-order valence-electron chi connectivity index (χ4n) is 2.13. The van der Waals surface area contributed by atoms with E-state index in [9.17, 15) is 20.0 Å². The summed E-state index contributed by atoms with van der Waals surface area (Å²) in [7, 11) is 0. The standard InChI is InChI=1S/C16H15ClN2O4/c17-14-9-13(19(22)23)7-6-12(14)8-16(21)18-15(10-20)11-4-2-1-3-5-11/h1-7,9,15,20H,8,10H2,(H,18,21)/t15-/m1/s1. The highest BCUT2D eigenvalue weighted by molar-refractivity contribution is 6.31. The van der Waals surface area contributed by atoms with Gasteiger partial charge in [-0.3, -0.25) is 14.9 Å². The van der Waals surface area contributed by atoms with E-state index in [1.807, 2.05) is 18.2 Å². The van der Waals surface area contributed by atoms with Crippen molar-refractivity contribution in [3.63, 3.8) is 0 Å². The van der Waals surface area contributed by atoms with Crippen LogP contribution in [0.4, 0.5) is 5.69 Å². The number of carbonyl (C=O) groups is 1. The van der Waals surface area contributed by atoms with Crippen LogP contribution in [0.25, 0.3) is 0 Å². The van der Waals surface area contributed by atoms with Gasteiger partial charge in [-0.1, -0.05) is 48.0 Å². The van der Waals surface area contributed by atoms with Crippen molar-refractivity contribution >= 4 is 23.2 Å². The van der Waals surface area contributed by atoms with Crippen molar-refractivity contribution < 1.29 is 14.8 Å². The molecule has 0 unspecified atom stereocenters. The van der Waals surface area contributed by atoms with E-state index in [1.165, 1.54) is 18.2 Å². The summed E-state index contributed by atoms with van der Waals surface area (Å²) in [6.45, 7) is -0.232. The number of nitro benzene ring substituents is 1. The highest BCUT2D eigenvalue weighted by atomic mass is 35.5. The summed E-state index contributed by atoms with van der Waals surface area (Å²) in [6, 6.07) is 12.5. The van der Waals surface area contributed by atoms with E-state index in [0.717, 1.165) is 5.56 Å². The van der Waals surface area contributed by atoms with Gasteiger partial charge < -0.3 is 10.4 Å². The smallest absolute Gasteiger partial charge is 0.270 e. The first kappa shape index (κ1) is 16.9. The van der Waals surface area contributed by atoms with Crippen LogP contribution in [-0.4, -0.2) is 22.5 Å². The molecule has 0 aliphatic rings. The number of nitrogens with zero attached hydrogens (tertiary/aromatic N) is 1. The monoisotopic (exact) mass is 334 g/mol. The summed E-state index contributed by atoms with van der Waals surface area (Å²) in [5.41, 5.74) is 1.15. The van der Waals surface area contributed by atoms with Gasteiger partial charge >= 0.3 is 0 Å². The number of aliphatic hydroxyl groups is 1. The molecule has 7 heteroatoms. The Kier molecular flexibility index (Phi) is 5.67. The van der Waals surface area contributed by atoms with Crippen molar-refractivity contribution in [1.82, 2.24) is 5.32 Å². The van der Waals surface area contributed by atoms with E-state index in [4.69, 9.17) is 11.6 Å². The number of amides is 1. The lowest BCUT2D eigenvalue weighted by Crippen LogP contribution is -2.32. The Balaban J connectivity index is 2.06. The van der Waals surface area contributed by atoms with Crippen LogP contribution in [0.2, 0.25) is 5.02 Å². The average Bonchev–Trinajstić information content (AvgIpc) is 2.55. The number of hydrogen-bond acceptors (Lipinski definition) is 4. The molecule has 0 aromatic heterocycles. The Labute approximate surface area is 137 Å². The van der Waals surface area contributed by atoms with E-state index in [2.05, 4.69) is 5.32 Å². The quantitative estimate of drug-likeness (QED) is 0.627. The van der Waals surface area contributed by atoms with E-state index >= 15 is 0 Å². The summed E-state index contributed by atoms with van der Waals surface area (Å²) in [6.07, 6.45) is -0.0276. The topological polar surface area (TPSA) is 92.5 Å². The second kappa shape index (κ2) is 7.71. The molecular weight excluding hydrogens is 320 g/mol. The predicted octanol–water partition coefficient (Wildman–Crippen LogP) is 2.64. The fraction of sp³-hybridized carbons (Fsp3) is 0.188. The van der Waals surface area contributed by atoms with Crippen molar-refractivity contribution in [1.29, 1.82) is 0 Å². The molecule has 2 N–H and O–H groups in total. The maximum atomic E-state index is 12.1. The van der Waals surface area contributed by atoms with Crippen molar-refractivity contribution in [2.75, 3.05) is 6.61 Å². The molecule has 23 heavy (non-hydrogen) atoms. The molecule has 0 aliphatic carbocycles. The predicted molar refractivity (Wildman–Crippen MR) is 86.2 cm³/mol. The minimum absolute atomic E-state index is 0.0276. The Morgan fingerprint density at radius 1 is 1.26 bits per heavy atom. The SMILES string of the molecule is O=C(Cc1ccc([N+](=O)[O-])cc1Cl)N[C@H](CO)c1ccccc1. The van der Waals surface area contributed by atoms with E-state index < -0.39 is 11.0 Å². The lowest BCUT2D eigenvalue weighted by Gasteiger charge is -2.17. The Hall–Kier alpha value is -2.44. The van der Waals surface area contributed by atoms with Crippen LogP contribution in [0.5, 0.6) is 0 Å². The number of aliphatic hydroxyl groups excluding tert-OH is 1. The Morgan fingerprint density at radius 3 is 2.52 bits per heavy atom. The minimum atomic E-state index is -0.549. The highest BCUT2D eigenvalue weighted by Gasteiger charge is 2.16. The van der Waals surface area contributed by atoms with Crippen LogP contribution >= 0.6 is 11.6 Å². The number of rotatable bonds is 6. The average molecular weight is 335 g/mol. The second-order valence-corrected chi connectivity index (χ2v) is 5.33. The molecule has 0 bridgehead atoms. The van der Waals surface area contributed by atoms with Crippen molar-refractivity contribution in [2.24, 2.45) is 0 Å². The third-order valence-electron chi connectivity index (χ3n) is 3.32. The van der Waals surface area contributed by atoms with Gasteiger partial charge in [-0.2, -0.15) is 0 Å². The zero-order valence-electron chi connectivity index (χ0n) is 12.1. The summed E-state index contributed by atoms with van der Waals surface area (Å²) >= 11 is 5.97. The van der Waals surface area contributed by atoms with Gasteiger partial charge in [0.2, 0.25) is 5.91 Å². The second-order valence-electron chi connectivity index (χ2n) is 4.92. The van der Waals surface area contributed by atoms with Gasteiger partial charge in [0.25, 0.3) is 5.69 Å². The molecule has 1 amide bonds. The van der Waals surface area contributed by atoms with E-state index in [-0.39, 0.29) is 29.6 Å². The molecule has 2 rings (SSSR count). The number of non-ortho nitro benzene ring substituents is 1. The van der Waals surface area contributed by atoms with E-state index in [1.54, 1.807) is 12.1 Å². The number of benzene rings is 2. The first-order chi connectivity index (χ1) is 11.0. The van der Waals surface area contributed by atoms with Gasteiger partial charge in [-0.05, 0) is 11.1 Å². The van der Waals surface area contributed by atoms with Gasteiger partial charge in [0.1, 0.15) is 0 Å². The Bertz CT molecular complexity index is 706. The minimum Gasteiger partial charge on any atom is -0.394 e. The molecule has 2 aromatic carbocycles. The zero-order chi connectivity index (χ0) is 16.8. The Morgan fingerprint density at radius 2 is 1.96 bits per heavy atom. The number of carbonyl (C=O) groups excluding carboxylic acids is 1. The van der Waals surface area contributed by atoms with Crippen LogP contribution in [0.15, 0.2) is 48.5 Å². The fourth-order valence-corrected chi connectivity index (χ4v) is 2.37. The van der Waals surface area contributed by atoms with Gasteiger partial charge in [0, 0.05) is 12.1 Å². The highest BCUT2D eigenvalue weighted by Crippen LogP contribution is 2.23. The van der Waals surface area contributed by atoms with Crippen molar-refractivity contribution in [3.05, 3.63) is 74.8 Å². The van der Waals surface area contributed by atoms with Crippen LogP contribution in [-0.2, 0) is 11.2 Å². The molecule has 0 heterocycles. The lowest BCUT2D eigenvalue weighted by atomic mass is 10.1. The maximum Gasteiger partial charge on any atom is 0.270 e. The molecule has 6 nitrogen and oxygen atoms in total. The van der Waals surface area contributed by atoms with Crippen molar-refractivity contribution in [3.8, 4) is 0 Å². The third kappa shape index (κ3) is 4.51. The van der Waals surface area contributed by atoms with Gasteiger partial charge in [0.05, 0.1) is 29.0 Å². The molecule has 0 radical (unpaired) electrons. The summed E-state index contributed by atoms with van der Waals surface area (Å²) in [5.74, 6) is -0.330. The summed E-state index contributed by atoms with van der Waals surface area (Å²) in [5, 5.41) is 23.0. The normalized spacial score (nSPS) is 11.7. The van der Waals surface area contributed by atoms with Crippen LogP contribution in [0.1, 0.15) is 17.2 Å². The molecule has 0 aliphatic heterocycles. The molecule has 0 spiro atoms.